The number of phosphoric ester groups is 1. The topological polar surface area (TPSA) is 141 Å². The van der Waals surface area contributed by atoms with E-state index in [9.17, 15) is 24.4 Å². The number of carboxylic acids is 1. The van der Waals surface area contributed by atoms with Gasteiger partial charge in [-0.05, 0) is 24.9 Å². The van der Waals surface area contributed by atoms with E-state index in [1.54, 1.807) is 24.3 Å². The van der Waals surface area contributed by atoms with Crippen molar-refractivity contribution in [3.63, 3.8) is 0 Å². The minimum Gasteiger partial charge on any atom is -0.480 e. The summed E-state index contributed by atoms with van der Waals surface area (Å²) in [6.07, 6.45) is 17.1. The third-order valence-corrected chi connectivity index (χ3v) is 9.21. The maximum Gasteiger partial charge on any atom is 0.475 e. The summed E-state index contributed by atoms with van der Waals surface area (Å²) in [5, 5.41) is 22.5. The van der Waals surface area contributed by atoms with E-state index in [4.69, 9.17) is 18.3 Å². The quantitative estimate of drug-likeness (QED) is 0.0508. The molecule has 1 unspecified atom stereocenters. The van der Waals surface area contributed by atoms with Crippen LogP contribution in [0.4, 0.5) is 0 Å². The van der Waals surface area contributed by atoms with Crippen molar-refractivity contribution in [2.75, 3.05) is 19.8 Å². The number of hydrogen-bond donors (Lipinski definition) is 3. The van der Waals surface area contributed by atoms with Crippen molar-refractivity contribution < 1.29 is 42.7 Å². The largest absolute Gasteiger partial charge is 0.480 e. The Labute approximate surface area is 264 Å². The molecule has 1 fully saturated rings. The molecule has 1 saturated heterocycles. The van der Waals surface area contributed by atoms with Crippen LogP contribution in [0.2, 0.25) is 0 Å². The van der Waals surface area contributed by atoms with Gasteiger partial charge in [0, 0.05) is 6.42 Å². The molecule has 1 aliphatic rings. The molecule has 2 rings (SSSR count). The van der Waals surface area contributed by atoms with Gasteiger partial charge in [0.2, 0.25) is 0 Å². The molecule has 0 bridgehead atoms. The second kappa shape index (κ2) is 23.5. The van der Waals surface area contributed by atoms with E-state index in [0.717, 1.165) is 19.3 Å². The SMILES string of the molecule is CCCCCCCCCCCCCCCCCC(=O)OC[C@@H](O)COP(=O)(OCc1ccccc1)O[C@@H]1CCN[C@H]1C(=O)O. The van der Waals surface area contributed by atoms with Crippen LogP contribution in [-0.4, -0.2) is 60.2 Å². The van der Waals surface area contributed by atoms with Crippen LogP contribution in [0.25, 0.3) is 0 Å². The van der Waals surface area contributed by atoms with Gasteiger partial charge in [-0.2, -0.15) is 0 Å². The van der Waals surface area contributed by atoms with E-state index < -0.39 is 44.6 Å². The summed E-state index contributed by atoms with van der Waals surface area (Å²) < 4.78 is 35.0. The van der Waals surface area contributed by atoms with Gasteiger partial charge in [-0.3, -0.25) is 23.2 Å². The number of esters is 1. The average molecular weight is 642 g/mol. The molecule has 0 saturated carbocycles. The molecule has 0 spiro atoms. The third-order valence-electron chi connectivity index (χ3n) is 7.77. The Balaban J connectivity index is 1.57. The van der Waals surface area contributed by atoms with Crippen molar-refractivity contribution in [1.29, 1.82) is 0 Å². The maximum atomic E-state index is 13.4. The van der Waals surface area contributed by atoms with Gasteiger partial charge < -0.3 is 20.3 Å². The minimum absolute atomic E-state index is 0.0969. The molecule has 1 aliphatic heterocycles. The number of carbonyl (C=O) groups is 2. The number of benzene rings is 1. The summed E-state index contributed by atoms with van der Waals surface area (Å²) in [5.74, 6) is -1.54. The molecule has 1 heterocycles. The first-order valence-corrected chi connectivity index (χ1v) is 18.2. The predicted octanol–water partition coefficient (Wildman–Crippen LogP) is 7.33. The highest BCUT2D eigenvalue weighted by Gasteiger charge is 2.41. The van der Waals surface area contributed by atoms with Crippen LogP contribution < -0.4 is 5.32 Å². The third kappa shape index (κ3) is 17.6. The average Bonchev–Trinajstić information content (AvgIpc) is 3.48. The number of rotatable bonds is 27. The summed E-state index contributed by atoms with van der Waals surface area (Å²) in [5.41, 5.74) is 0.715. The Morgan fingerprint density at radius 1 is 0.864 bits per heavy atom. The van der Waals surface area contributed by atoms with Crippen molar-refractivity contribution in [1.82, 2.24) is 5.32 Å². The Bertz CT molecular complexity index is 948. The molecule has 0 amide bonds. The molecule has 1 aromatic carbocycles. The molecule has 3 N–H and O–H groups in total. The number of aliphatic carboxylic acids is 1. The van der Waals surface area contributed by atoms with Gasteiger partial charge in [0.15, 0.2) is 0 Å². The normalized spacial score (nSPS) is 18.6. The number of hydrogen-bond acceptors (Lipinski definition) is 9. The fourth-order valence-electron chi connectivity index (χ4n) is 5.16. The monoisotopic (exact) mass is 641 g/mol. The highest BCUT2D eigenvalue weighted by Crippen LogP contribution is 2.52. The Morgan fingerprint density at radius 3 is 2.00 bits per heavy atom. The summed E-state index contributed by atoms with van der Waals surface area (Å²) in [6.45, 7) is 1.73. The summed E-state index contributed by atoms with van der Waals surface area (Å²) in [7, 11) is -4.26. The lowest BCUT2D eigenvalue weighted by molar-refractivity contribution is -0.147. The maximum absolute atomic E-state index is 13.4. The van der Waals surface area contributed by atoms with Gasteiger partial charge in [-0.25, -0.2) is 4.57 Å². The molecule has 4 atom stereocenters. The van der Waals surface area contributed by atoms with Crippen molar-refractivity contribution in [2.45, 2.75) is 141 Å². The molecule has 252 valence electrons. The van der Waals surface area contributed by atoms with Crippen LogP contribution in [0.1, 0.15) is 122 Å². The number of nitrogens with one attached hydrogen (secondary N) is 1. The van der Waals surface area contributed by atoms with Crippen molar-refractivity contribution in [2.24, 2.45) is 0 Å². The van der Waals surface area contributed by atoms with E-state index in [0.29, 0.717) is 18.5 Å². The summed E-state index contributed by atoms with van der Waals surface area (Å²) >= 11 is 0. The molecule has 44 heavy (non-hydrogen) atoms. The lowest BCUT2D eigenvalue weighted by atomic mass is 10.0. The summed E-state index contributed by atoms with van der Waals surface area (Å²) in [4.78, 5) is 23.6. The first kappa shape index (κ1) is 38.4. The molecule has 10 nitrogen and oxygen atoms in total. The van der Waals surface area contributed by atoms with Gasteiger partial charge in [-0.1, -0.05) is 127 Å². The Morgan fingerprint density at radius 2 is 1.43 bits per heavy atom. The number of aliphatic hydroxyl groups is 1. The molecule has 11 heteroatoms. The van der Waals surface area contributed by atoms with E-state index >= 15 is 0 Å². The molecule has 0 aliphatic carbocycles. The van der Waals surface area contributed by atoms with Crippen molar-refractivity contribution in [3.8, 4) is 0 Å². The highest BCUT2D eigenvalue weighted by atomic mass is 31.2. The van der Waals surface area contributed by atoms with Crippen molar-refractivity contribution >= 4 is 19.8 Å². The van der Waals surface area contributed by atoms with E-state index in [1.807, 2.05) is 6.07 Å². The zero-order valence-corrected chi connectivity index (χ0v) is 27.6. The number of aliphatic hydroxyl groups excluding tert-OH is 1. The number of phosphoric acid groups is 1. The second-order valence-electron chi connectivity index (χ2n) is 11.7. The highest BCUT2D eigenvalue weighted by molar-refractivity contribution is 7.48. The van der Waals surface area contributed by atoms with Gasteiger partial charge in [0.1, 0.15) is 18.8 Å². The lowest BCUT2D eigenvalue weighted by Gasteiger charge is -2.24. The van der Waals surface area contributed by atoms with E-state index in [2.05, 4.69) is 12.2 Å². The number of carbonyl (C=O) groups excluding carboxylic acids is 1. The lowest BCUT2D eigenvalue weighted by Crippen LogP contribution is -2.39. The van der Waals surface area contributed by atoms with Gasteiger partial charge in [0.25, 0.3) is 0 Å². The number of carboxylic acid groups (broad SMARTS) is 1. The van der Waals surface area contributed by atoms with Crippen LogP contribution >= 0.6 is 7.82 Å². The fraction of sp³-hybridized carbons (Fsp3) is 0.758. The molecule has 0 aromatic heterocycles. The van der Waals surface area contributed by atoms with Gasteiger partial charge in [-0.15, -0.1) is 0 Å². The van der Waals surface area contributed by atoms with Crippen LogP contribution in [-0.2, 0) is 39.1 Å². The van der Waals surface area contributed by atoms with Gasteiger partial charge in [0.05, 0.1) is 19.3 Å². The Hall–Kier alpha value is -1.81. The first-order chi connectivity index (χ1) is 21.3. The predicted molar refractivity (Wildman–Crippen MR) is 170 cm³/mol. The number of unbranched alkanes of at least 4 members (excludes halogenated alkanes) is 14. The number of ether oxygens (including phenoxy) is 1. The zero-order chi connectivity index (χ0) is 31.9. The van der Waals surface area contributed by atoms with E-state index in [1.165, 1.54) is 77.0 Å². The van der Waals surface area contributed by atoms with Crippen LogP contribution in [0.15, 0.2) is 30.3 Å². The van der Waals surface area contributed by atoms with Crippen LogP contribution in [0, 0.1) is 0 Å². The molecule has 1 aromatic rings. The Kier molecular flexibility index (Phi) is 20.5. The standard InChI is InChI=1S/C33H56NO9P/c1-2-3-4-5-6-7-8-9-10-11-12-13-14-15-19-22-31(36)40-26-29(35)27-42-44(39,41-25-28-20-17-16-18-21-28)43-30-23-24-34-32(30)33(37)38/h16-18,20-21,29-30,32,34-35H,2-15,19,22-27H2,1H3,(H,37,38)/t29-,30-,32-,44?/m1/s1. The zero-order valence-electron chi connectivity index (χ0n) is 26.7. The van der Waals surface area contributed by atoms with Crippen LogP contribution in [0.3, 0.4) is 0 Å². The van der Waals surface area contributed by atoms with Gasteiger partial charge >= 0.3 is 19.8 Å². The molecular formula is C33H56NO9P. The first-order valence-electron chi connectivity index (χ1n) is 16.7. The van der Waals surface area contributed by atoms with Crippen LogP contribution in [0.5, 0.6) is 0 Å². The smallest absolute Gasteiger partial charge is 0.475 e. The molecular weight excluding hydrogens is 585 g/mol. The van der Waals surface area contributed by atoms with E-state index in [-0.39, 0.29) is 19.6 Å². The van der Waals surface area contributed by atoms with Crippen molar-refractivity contribution in [3.05, 3.63) is 35.9 Å². The summed E-state index contributed by atoms with van der Waals surface area (Å²) in [6, 6.07) is 7.91. The second-order valence-corrected chi connectivity index (χ2v) is 13.4. The minimum atomic E-state index is -4.26. The molecule has 0 radical (unpaired) electrons. The fourth-order valence-corrected chi connectivity index (χ4v) is 6.58.